The van der Waals surface area contributed by atoms with Gasteiger partial charge in [-0.15, -0.1) is 0 Å². The van der Waals surface area contributed by atoms with E-state index in [1.807, 2.05) is 0 Å². The molecule has 0 bridgehead atoms. The van der Waals surface area contributed by atoms with Crippen molar-refractivity contribution in [3.05, 3.63) is 36.0 Å². The van der Waals surface area contributed by atoms with Gasteiger partial charge in [-0.1, -0.05) is 18.2 Å². The number of nitrogens with one attached hydrogen (secondary N) is 1. The molecule has 1 N–H and O–H groups in total. The maximum absolute atomic E-state index is 4.63. The van der Waals surface area contributed by atoms with E-state index in [-0.39, 0.29) is 0 Å². The number of aromatic nitrogens is 1. The molecule has 1 aliphatic heterocycles. The zero-order valence-electron chi connectivity index (χ0n) is 11.9. The third-order valence-corrected chi connectivity index (χ3v) is 3.72. The van der Waals surface area contributed by atoms with Gasteiger partial charge in [0.25, 0.3) is 0 Å². The van der Waals surface area contributed by atoms with Crippen LogP contribution in [0.2, 0.25) is 0 Å². The largest absolute Gasteiger partial charge is 0.368 e. The van der Waals surface area contributed by atoms with E-state index >= 15 is 0 Å². The summed E-state index contributed by atoms with van der Waals surface area (Å²) >= 11 is 0. The van der Waals surface area contributed by atoms with Crippen LogP contribution in [0.25, 0.3) is 10.9 Å². The Morgan fingerprint density at radius 1 is 1.16 bits per heavy atom. The molecule has 1 aromatic carbocycles. The van der Waals surface area contributed by atoms with Crippen molar-refractivity contribution in [1.82, 2.24) is 10.3 Å². The fraction of sp³-hybridized carbons (Fsp3) is 0.438. The van der Waals surface area contributed by atoms with Crippen molar-refractivity contribution in [2.24, 2.45) is 0 Å². The lowest BCUT2D eigenvalue weighted by atomic mass is 10.1. The second kappa shape index (κ2) is 4.82. The minimum absolute atomic E-state index is 0.524. The van der Waals surface area contributed by atoms with Crippen LogP contribution in [0.5, 0.6) is 0 Å². The maximum atomic E-state index is 4.63. The van der Waals surface area contributed by atoms with Crippen molar-refractivity contribution >= 4 is 16.6 Å². The highest BCUT2D eigenvalue weighted by atomic mass is 15.2. The lowest BCUT2D eigenvalue weighted by Crippen LogP contribution is -2.54. The van der Waals surface area contributed by atoms with Crippen LogP contribution in [0.4, 0.5) is 5.69 Å². The number of fused-ring (bicyclic) bond motifs is 1. The average Bonchev–Trinajstić information content (AvgIpc) is 2.36. The molecule has 2 unspecified atom stereocenters. The Morgan fingerprint density at radius 2 is 1.84 bits per heavy atom. The standard InChI is InChI=1S/C16H21N3/c1-11-8-16(14-6-4-5-7-15(14)18-11)19-9-12(2)17-13(3)10-19/h4-8,12-13,17H,9-10H2,1-3H3. The van der Waals surface area contributed by atoms with Gasteiger partial charge < -0.3 is 10.2 Å². The van der Waals surface area contributed by atoms with Crippen molar-refractivity contribution in [3.63, 3.8) is 0 Å². The number of hydrogen-bond donors (Lipinski definition) is 1. The Kier molecular flexibility index (Phi) is 3.15. The summed E-state index contributed by atoms with van der Waals surface area (Å²) in [5.41, 5.74) is 3.51. The van der Waals surface area contributed by atoms with E-state index in [9.17, 15) is 0 Å². The van der Waals surface area contributed by atoms with E-state index < -0.39 is 0 Å². The molecule has 2 heterocycles. The number of nitrogens with zero attached hydrogens (tertiary/aromatic N) is 2. The first-order chi connectivity index (χ1) is 9.13. The highest BCUT2D eigenvalue weighted by Gasteiger charge is 2.22. The Labute approximate surface area is 114 Å². The Balaban J connectivity index is 2.08. The van der Waals surface area contributed by atoms with E-state index in [2.05, 4.69) is 66.3 Å². The lowest BCUT2D eigenvalue weighted by Gasteiger charge is -2.38. The molecule has 3 nitrogen and oxygen atoms in total. The van der Waals surface area contributed by atoms with Crippen molar-refractivity contribution in [2.45, 2.75) is 32.9 Å². The first-order valence-electron chi connectivity index (χ1n) is 7.01. The number of hydrogen-bond acceptors (Lipinski definition) is 3. The summed E-state index contributed by atoms with van der Waals surface area (Å²) in [4.78, 5) is 7.12. The van der Waals surface area contributed by atoms with Gasteiger partial charge in [-0.3, -0.25) is 4.98 Å². The first kappa shape index (κ1) is 12.4. The molecule has 1 aromatic heterocycles. The maximum Gasteiger partial charge on any atom is 0.0726 e. The number of para-hydroxylation sites is 1. The molecule has 1 aliphatic rings. The molecular weight excluding hydrogens is 234 g/mol. The van der Waals surface area contributed by atoms with Crippen LogP contribution in [0, 0.1) is 6.92 Å². The number of piperazine rings is 1. The van der Waals surface area contributed by atoms with Gasteiger partial charge in [-0.2, -0.15) is 0 Å². The van der Waals surface area contributed by atoms with Crippen molar-refractivity contribution in [2.75, 3.05) is 18.0 Å². The molecule has 3 heteroatoms. The second-order valence-corrected chi connectivity index (χ2v) is 5.67. The van der Waals surface area contributed by atoms with Gasteiger partial charge in [0.05, 0.1) is 5.52 Å². The lowest BCUT2D eigenvalue weighted by molar-refractivity contribution is 0.407. The summed E-state index contributed by atoms with van der Waals surface area (Å²) < 4.78 is 0. The summed E-state index contributed by atoms with van der Waals surface area (Å²) in [7, 11) is 0. The van der Waals surface area contributed by atoms with Gasteiger partial charge in [0.2, 0.25) is 0 Å². The quantitative estimate of drug-likeness (QED) is 0.849. The Morgan fingerprint density at radius 3 is 2.58 bits per heavy atom. The van der Waals surface area contributed by atoms with Crippen LogP contribution in [0.1, 0.15) is 19.5 Å². The normalized spacial score (nSPS) is 23.8. The first-order valence-corrected chi connectivity index (χ1v) is 7.01. The molecule has 3 rings (SSSR count). The number of anilines is 1. The van der Waals surface area contributed by atoms with Gasteiger partial charge in [-0.25, -0.2) is 0 Å². The Bertz CT molecular complexity index is 584. The molecule has 2 atom stereocenters. The summed E-state index contributed by atoms with van der Waals surface area (Å²) in [5, 5.41) is 4.84. The van der Waals surface area contributed by atoms with Crippen molar-refractivity contribution in [3.8, 4) is 0 Å². The van der Waals surface area contributed by atoms with Crippen LogP contribution < -0.4 is 10.2 Å². The summed E-state index contributed by atoms with van der Waals surface area (Å²) in [6, 6.07) is 11.7. The highest BCUT2D eigenvalue weighted by molar-refractivity contribution is 5.92. The zero-order chi connectivity index (χ0) is 13.4. The van der Waals surface area contributed by atoms with Gasteiger partial charge in [0, 0.05) is 41.9 Å². The van der Waals surface area contributed by atoms with Gasteiger partial charge in [0.15, 0.2) is 0 Å². The molecule has 1 fully saturated rings. The van der Waals surface area contributed by atoms with Crippen LogP contribution in [0.15, 0.2) is 30.3 Å². The zero-order valence-corrected chi connectivity index (χ0v) is 11.9. The predicted molar refractivity (Wildman–Crippen MR) is 80.8 cm³/mol. The van der Waals surface area contributed by atoms with E-state index in [1.165, 1.54) is 11.1 Å². The summed E-state index contributed by atoms with van der Waals surface area (Å²) in [6.07, 6.45) is 0. The molecule has 2 aromatic rings. The van der Waals surface area contributed by atoms with Crippen LogP contribution in [-0.4, -0.2) is 30.2 Å². The van der Waals surface area contributed by atoms with Gasteiger partial charge >= 0.3 is 0 Å². The number of aryl methyl sites for hydroxylation is 1. The third kappa shape index (κ3) is 2.43. The molecule has 0 aliphatic carbocycles. The number of benzene rings is 1. The van der Waals surface area contributed by atoms with Crippen LogP contribution >= 0.6 is 0 Å². The van der Waals surface area contributed by atoms with E-state index in [1.54, 1.807) is 0 Å². The van der Waals surface area contributed by atoms with Crippen LogP contribution in [-0.2, 0) is 0 Å². The van der Waals surface area contributed by atoms with E-state index in [0.717, 1.165) is 24.3 Å². The molecule has 100 valence electrons. The highest BCUT2D eigenvalue weighted by Crippen LogP contribution is 2.28. The van der Waals surface area contributed by atoms with Crippen LogP contribution in [0.3, 0.4) is 0 Å². The van der Waals surface area contributed by atoms with Crippen molar-refractivity contribution < 1.29 is 0 Å². The number of rotatable bonds is 1. The fourth-order valence-electron chi connectivity index (χ4n) is 3.07. The second-order valence-electron chi connectivity index (χ2n) is 5.67. The average molecular weight is 255 g/mol. The molecule has 0 saturated carbocycles. The van der Waals surface area contributed by atoms with Gasteiger partial charge in [-0.05, 0) is 32.9 Å². The third-order valence-electron chi connectivity index (χ3n) is 3.72. The molecule has 19 heavy (non-hydrogen) atoms. The molecule has 0 radical (unpaired) electrons. The van der Waals surface area contributed by atoms with E-state index in [4.69, 9.17) is 0 Å². The van der Waals surface area contributed by atoms with Crippen molar-refractivity contribution in [1.29, 1.82) is 0 Å². The predicted octanol–water partition coefficient (Wildman–Crippen LogP) is 2.73. The fourth-order valence-corrected chi connectivity index (χ4v) is 3.07. The number of pyridine rings is 1. The summed E-state index contributed by atoms with van der Waals surface area (Å²) in [5.74, 6) is 0. The SMILES string of the molecule is Cc1cc(N2CC(C)NC(C)C2)c2ccccc2n1. The monoisotopic (exact) mass is 255 g/mol. The molecule has 1 saturated heterocycles. The Hall–Kier alpha value is -1.61. The molecular formula is C16H21N3. The van der Waals surface area contributed by atoms with E-state index in [0.29, 0.717) is 12.1 Å². The molecule has 0 amide bonds. The minimum atomic E-state index is 0.524. The molecule has 0 spiro atoms. The minimum Gasteiger partial charge on any atom is -0.368 e. The van der Waals surface area contributed by atoms with Gasteiger partial charge in [0.1, 0.15) is 0 Å². The summed E-state index contributed by atoms with van der Waals surface area (Å²) in [6.45, 7) is 8.68. The topological polar surface area (TPSA) is 28.2 Å². The smallest absolute Gasteiger partial charge is 0.0726 e.